The fraction of sp³-hybridized carbons (Fsp3) is 0. The number of nitrogens with zero attached hydrogens (tertiary/aromatic N) is 1. The van der Waals surface area contributed by atoms with Gasteiger partial charge in [0.2, 0.25) is 0 Å². The van der Waals surface area contributed by atoms with Gasteiger partial charge in [0.1, 0.15) is 5.82 Å². The molecule has 0 saturated carbocycles. The zero-order valence-corrected chi connectivity index (χ0v) is 15.3. The minimum absolute atomic E-state index is 0.0167. The molecule has 2 aromatic rings. The van der Waals surface area contributed by atoms with Crippen LogP contribution in [0.5, 0.6) is 0 Å². The van der Waals surface area contributed by atoms with Crippen LogP contribution in [0.25, 0.3) is 5.69 Å². The third-order valence-corrected chi connectivity index (χ3v) is 3.50. The molecule has 0 aliphatic heterocycles. The van der Waals surface area contributed by atoms with Gasteiger partial charge in [-0.25, -0.2) is 4.39 Å². The Morgan fingerprint density at radius 1 is 1.21 bits per heavy atom. The number of amides is 1. The van der Waals surface area contributed by atoms with Gasteiger partial charge in [0.15, 0.2) is 0 Å². The van der Waals surface area contributed by atoms with E-state index in [0.717, 1.165) is 6.08 Å². The molecule has 1 aromatic carbocycles. The third-order valence-electron chi connectivity index (χ3n) is 3.01. The van der Waals surface area contributed by atoms with Crippen molar-refractivity contribution >= 4 is 15.7 Å². The normalized spacial score (nSPS) is 10.6. The molecular weight excluding hydrogens is 486 g/mol. The molecule has 1 amide bonds. The van der Waals surface area contributed by atoms with Crippen LogP contribution >= 0.6 is 0 Å². The van der Waals surface area contributed by atoms with Crippen molar-refractivity contribution in [1.82, 2.24) is 4.57 Å². The van der Waals surface area contributed by atoms with E-state index in [4.69, 9.17) is 0 Å². The molecule has 7 heteroatoms. The molecule has 122 valence electrons. The number of carbonyl (C=O) groups excluding carboxylic acids is 1. The Hall–Kier alpha value is -2.46. The summed E-state index contributed by atoms with van der Waals surface area (Å²) in [6, 6.07) is 8.38. The van der Waals surface area contributed by atoms with Gasteiger partial charge in [0.05, 0.1) is 0 Å². The summed E-state index contributed by atoms with van der Waals surface area (Å²) >= 11 is 0.639. The van der Waals surface area contributed by atoms with E-state index in [1.165, 1.54) is 47.2 Å². The fourth-order valence-corrected chi connectivity index (χ4v) is 2.08. The van der Waals surface area contributed by atoms with Gasteiger partial charge in [-0.1, -0.05) is 0 Å². The van der Waals surface area contributed by atoms with E-state index in [9.17, 15) is 18.4 Å². The molecule has 4 nitrogen and oxygen atoms in total. The maximum absolute atomic E-state index is 13.0. The average Bonchev–Trinajstić information content (AvgIpc) is 2.55. The quantitative estimate of drug-likeness (QED) is 0.510. The molecule has 0 radical (unpaired) electrons. The first-order valence-electron chi connectivity index (χ1n) is 6.74. The van der Waals surface area contributed by atoms with Gasteiger partial charge in [-0.05, 0) is 0 Å². The monoisotopic (exact) mass is 498 g/mol. The number of anilines is 1. The molecule has 0 spiro atoms. The van der Waals surface area contributed by atoms with Crippen LogP contribution in [-0.4, -0.2) is 14.6 Å². The number of aromatic nitrogens is 1. The van der Waals surface area contributed by atoms with Crippen molar-refractivity contribution in [2.45, 2.75) is 0 Å². The van der Waals surface area contributed by atoms with Crippen LogP contribution in [0.2, 0.25) is 0 Å². The predicted octanol–water partition coefficient (Wildman–Crippen LogP) is 2.67. The summed E-state index contributed by atoms with van der Waals surface area (Å²) in [5, 5.41) is 2.43. The molecule has 0 aliphatic rings. The third kappa shape index (κ3) is 4.52. The van der Waals surface area contributed by atoms with Crippen LogP contribution in [0.1, 0.15) is 0 Å². The van der Waals surface area contributed by atoms with E-state index in [1.807, 2.05) is 0 Å². The van der Waals surface area contributed by atoms with Crippen LogP contribution in [0.4, 0.5) is 14.5 Å². The van der Waals surface area contributed by atoms with E-state index in [2.05, 4.69) is 11.9 Å². The van der Waals surface area contributed by atoms with Gasteiger partial charge in [0, 0.05) is 0 Å². The number of hydrogen-bond donors (Lipinski definition) is 1. The standard InChI is InChI=1S/C17H12F2N2O2.W/c1-12(4-2-10-18)16(22)20-15-5-3-11-21(17(15)23)14-8-6-13(19)7-9-14;/h2-9,11H,1H2,(H,20,22);/b4-2-;. The summed E-state index contributed by atoms with van der Waals surface area (Å²) in [5.41, 5.74) is 0.0321. The van der Waals surface area contributed by atoms with Crippen molar-refractivity contribution in [3.63, 3.8) is 0 Å². The van der Waals surface area contributed by atoms with Gasteiger partial charge in [0.25, 0.3) is 0 Å². The first-order valence-corrected chi connectivity index (χ1v) is 8.20. The molecule has 1 N–H and O–H groups in total. The van der Waals surface area contributed by atoms with Crippen molar-refractivity contribution in [3.8, 4) is 5.69 Å². The van der Waals surface area contributed by atoms with Crippen molar-refractivity contribution in [2.75, 3.05) is 5.32 Å². The average molecular weight is 498 g/mol. The fourth-order valence-electron chi connectivity index (χ4n) is 1.84. The Labute approximate surface area is 147 Å². The van der Waals surface area contributed by atoms with Crippen LogP contribution in [0.3, 0.4) is 0 Å². The number of carbonyl (C=O) groups is 1. The minimum atomic E-state index is -0.614. The first-order chi connectivity index (χ1) is 11.4. The van der Waals surface area contributed by atoms with Gasteiger partial charge in [-0.15, -0.1) is 0 Å². The summed E-state index contributed by atoms with van der Waals surface area (Å²) in [4.78, 5) is 24.4. The molecule has 2 rings (SSSR count). The Bertz CT molecular complexity index is 886. The molecule has 0 bridgehead atoms. The number of rotatable bonds is 5. The van der Waals surface area contributed by atoms with Crippen LogP contribution < -0.4 is 10.9 Å². The molecule has 1 heterocycles. The number of benzene rings is 1. The molecule has 0 saturated heterocycles. The van der Waals surface area contributed by atoms with E-state index in [1.54, 1.807) is 6.07 Å². The molecule has 1 aromatic heterocycles. The summed E-state index contributed by atoms with van der Waals surface area (Å²) in [5.74, 6) is -1.03. The summed E-state index contributed by atoms with van der Waals surface area (Å²) < 4.78 is 26.6. The molecule has 24 heavy (non-hydrogen) atoms. The van der Waals surface area contributed by atoms with Gasteiger partial charge < -0.3 is 0 Å². The second-order valence-electron chi connectivity index (χ2n) is 4.69. The zero-order chi connectivity index (χ0) is 17.7. The zero-order valence-electron chi connectivity index (χ0n) is 12.3. The van der Waals surface area contributed by atoms with Crippen molar-refractivity contribution in [2.24, 2.45) is 0 Å². The first kappa shape index (κ1) is 17.9. The second-order valence-corrected chi connectivity index (χ2v) is 6.09. The van der Waals surface area contributed by atoms with E-state index < -0.39 is 17.3 Å². The second kappa shape index (κ2) is 7.88. The molecule has 0 fully saturated rings. The number of hydrogen-bond acceptors (Lipinski definition) is 2. The topological polar surface area (TPSA) is 51.1 Å². The number of allylic oxidation sites excluding steroid dienone is 1. The van der Waals surface area contributed by atoms with Crippen molar-refractivity contribution < 1.29 is 32.9 Å². The molecule has 0 atom stereocenters. The number of pyridine rings is 1. The van der Waals surface area contributed by atoms with E-state index in [-0.39, 0.29) is 15.4 Å². The maximum atomic E-state index is 13.0. The van der Waals surface area contributed by atoms with Crippen LogP contribution in [-0.2, 0) is 24.1 Å². The molecule has 0 aliphatic carbocycles. The summed E-state index contributed by atoms with van der Waals surface area (Å²) in [6.07, 6.45) is 3.88. The van der Waals surface area contributed by atoms with Crippen LogP contribution in [0.15, 0.2) is 71.7 Å². The Kier molecular flexibility index (Phi) is 5.87. The SMILES string of the molecule is C=C(/C=C\[C](F)=[W])C(=O)Nc1cccn(-c2ccc(F)cc2)c1=O. The Balaban J connectivity index is 2.26. The van der Waals surface area contributed by atoms with Crippen molar-refractivity contribution in [1.29, 1.82) is 0 Å². The van der Waals surface area contributed by atoms with E-state index >= 15 is 0 Å². The Morgan fingerprint density at radius 2 is 1.88 bits per heavy atom. The predicted molar refractivity (Wildman–Crippen MR) is 85.0 cm³/mol. The summed E-state index contributed by atoms with van der Waals surface area (Å²) in [6.45, 7) is 3.52. The molecule has 0 unspecified atom stereocenters. The summed E-state index contributed by atoms with van der Waals surface area (Å²) in [7, 11) is 0. The van der Waals surface area contributed by atoms with E-state index in [0.29, 0.717) is 25.0 Å². The molecular formula is C17H12F2N2O2W. The van der Waals surface area contributed by atoms with Gasteiger partial charge in [-0.2, -0.15) is 0 Å². The Morgan fingerprint density at radius 3 is 2.50 bits per heavy atom. The van der Waals surface area contributed by atoms with Gasteiger partial charge >= 0.3 is 137 Å². The number of nitrogens with one attached hydrogen (secondary N) is 1. The van der Waals surface area contributed by atoms with Gasteiger partial charge in [-0.3, -0.25) is 0 Å². The van der Waals surface area contributed by atoms with Crippen molar-refractivity contribution in [3.05, 3.63) is 83.1 Å². The van der Waals surface area contributed by atoms with Crippen LogP contribution in [0, 0.1) is 5.82 Å². The number of halogens is 2.